The molecule has 9 N–H and O–H groups in total. The van der Waals surface area contributed by atoms with E-state index in [0.29, 0.717) is 0 Å². The van der Waals surface area contributed by atoms with Crippen molar-refractivity contribution in [3.8, 4) is 0 Å². The van der Waals surface area contributed by atoms with Crippen LogP contribution in [-0.2, 0) is 33.6 Å². The zero-order valence-corrected chi connectivity index (χ0v) is 17.4. The minimum absolute atomic E-state index is 0.313. The van der Waals surface area contributed by atoms with Gasteiger partial charge in [0.1, 0.15) is 18.1 Å². The van der Waals surface area contributed by atoms with Crippen molar-refractivity contribution >= 4 is 54.2 Å². The number of thiol groups is 1. The number of amides is 3. The maximum absolute atomic E-state index is 12.5. The second-order valence-corrected chi connectivity index (χ2v) is 6.80. The van der Waals surface area contributed by atoms with Crippen molar-refractivity contribution in [1.82, 2.24) is 16.0 Å². The first-order chi connectivity index (χ1) is 14.8. The second-order valence-electron chi connectivity index (χ2n) is 6.44. The Kier molecular flexibility index (Phi) is 12.3. The summed E-state index contributed by atoms with van der Waals surface area (Å²) < 4.78 is 0. The smallest absolute Gasteiger partial charge is 0.327 e. The molecule has 0 aromatic carbocycles. The molecule has 4 atom stereocenters. The van der Waals surface area contributed by atoms with Gasteiger partial charge in [-0.3, -0.25) is 28.8 Å². The summed E-state index contributed by atoms with van der Waals surface area (Å²) >= 11 is 3.73. The van der Waals surface area contributed by atoms with Crippen molar-refractivity contribution < 1.29 is 54.0 Å². The van der Waals surface area contributed by atoms with E-state index in [0.717, 1.165) is 0 Å². The summed E-state index contributed by atoms with van der Waals surface area (Å²) in [5.41, 5.74) is 5.50. The lowest BCUT2D eigenvalue weighted by molar-refractivity contribution is -0.144. The molecule has 0 radical (unpaired) electrons. The van der Waals surface area contributed by atoms with E-state index in [2.05, 4.69) is 12.6 Å². The molecule has 0 aliphatic rings. The van der Waals surface area contributed by atoms with Gasteiger partial charge in [0.15, 0.2) is 0 Å². The number of carbonyl (C=O) groups is 7. The van der Waals surface area contributed by atoms with Crippen molar-refractivity contribution in [2.24, 2.45) is 5.73 Å². The molecule has 0 saturated carbocycles. The van der Waals surface area contributed by atoms with Crippen LogP contribution < -0.4 is 21.7 Å². The van der Waals surface area contributed by atoms with Gasteiger partial charge in [0.2, 0.25) is 17.7 Å². The van der Waals surface area contributed by atoms with Gasteiger partial charge in [-0.15, -0.1) is 0 Å². The summed E-state index contributed by atoms with van der Waals surface area (Å²) in [5.74, 6) is -9.64. The number of hydrogen-bond donors (Lipinski definition) is 9. The normalized spacial score (nSPS) is 14.2. The monoisotopic (exact) mass is 480 g/mol. The molecule has 0 bridgehead atoms. The average Bonchev–Trinajstić information content (AvgIpc) is 2.67. The Labute approximate surface area is 186 Å². The zero-order valence-electron chi connectivity index (χ0n) is 16.5. The first-order valence-electron chi connectivity index (χ1n) is 8.94. The van der Waals surface area contributed by atoms with Crippen LogP contribution in [0.1, 0.15) is 25.7 Å². The van der Waals surface area contributed by atoms with Crippen LogP contribution in [0.4, 0.5) is 0 Å². The highest BCUT2D eigenvalue weighted by atomic mass is 32.1. The van der Waals surface area contributed by atoms with Gasteiger partial charge in [-0.2, -0.15) is 12.6 Å². The number of carbonyl (C=O) groups excluding carboxylic acids is 3. The third-order valence-corrected chi connectivity index (χ3v) is 4.19. The SMILES string of the molecule is NC(CCC(=O)O)C(=O)NC(CC(=O)O)C(=O)NC(CC(=O)O)C(=O)NC(CS)C(=O)O. The molecule has 0 aromatic rings. The third-order valence-electron chi connectivity index (χ3n) is 3.83. The molecule has 0 spiro atoms. The van der Waals surface area contributed by atoms with Crippen LogP contribution in [0.5, 0.6) is 0 Å². The fraction of sp³-hybridized carbons (Fsp3) is 0.562. The lowest BCUT2D eigenvalue weighted by Gasteiger charge is -2.23. The Morgan fingerprint density at radius 1 is 0.688 bits per heavy atom. The van der Waals surface area contributed by atoms with E-state index in [1.165, 1.54) is 0 Å². The quantitative estimate of drug-likeness (QED) is 0.104. The molecule has 16 heteroatoms. The van der Waals surface area contributed by atoms with Crippen LogP contribution in [0.25, 0.3) is 0 Å². The Morgan fingerprint density at radius 3 is 1.44 bits per heavy atom. The average molecular weight is 480 g/mol. The van der Waals surface area contributed by atoms with Gasteiger partial charge in [-0.1, -0.05) is 0 Å². The van der Waals surface area contributed by atoms with Gasteiger partial charge >= 0.3 is 23.9 Å². The number of carboxylic acids is 4. The molecule has 180 valence electrons. The van der Waals surface area contributed by atoms with Crippen molar-refractivity contribution in [2.45, 2.75) is 49.9 Å². The van der Waals surface area contributed by atoms with Crippen molar-refractivity contribution in [2.75, 3.05) is 5.75 Å². The van der Waals surface area contributed by atoms with Gasteiger partial charge in [-0.25, -0.2) is 4.79 Å². The minimum atomic E-state index is -1.81. The summed E-state index contributed by atoms with van der Waals surface area (Å²) in [4.78, 5) is 80.4. The third kappa shape index (κ3) is 11.1. The Hall–Kier alpha value is -3.40. The van der Waals surface area contributed by atoms with E-state index in [1.54, 1.807) is 0 Å². The van der Waals surface area contributed by atoms with E-state index in [1.807, 2.05) is 16.0 Å². The highest BCUT2D eigenvalue weighted by Gasteiger charge is 2.32. The Morgan fingerprint density at radius 2 is 1.09 bits per heavy atom. The summed E-state index contributed by atoms with van der Waals surface area (Å²) in [6.07, 6.45) is -2.74. The fourth-order valence-corrected chi connectivity index (χ4v) is 2.43. The maximum atomic E-state index is 12.5. The maximum Gasteiger partial charge on any atom is 0.327 e. The van der Waals surface area contributed by atoms with Crippen LogP contribution in [-0.4, -0.2) is 91.9 Å². The zero-order chi connectivity index (χ0) is 25.0. The number of hydrogen-bond acceptors (Lipinski definition) is 9. The highest BCUT2D eigenvalue weighted by molar-refractivity contribution is 7.80. The molecular formula is C16H24N4O11S. The molecule has 0 aliphatic heterocycles. The Balaban J connectivity index is 5.43. The molecule has 0 heterocycles. The topological polar surface area (TPSA) is 263 Å². The van der Waals surface area contributed by atoms with E-state index in [9.17, 15) is 33.6 Å². The molecule has 4 unspecified atom stereocenters. The van der Waals surface area contributed by atoms with E-state index < -0.39 is 85.0 Å². The Bertz CT molecular complexity index is 760. The van der Waals surface area contributed by atoms with Gasteiger partial charge < -0.3 is 42.1 Å². The number of nitrogens with one attached hydrogen (secondary N) is 3. The van der Waals surface area contributed by atoms with Crippen molar-refractivity contribution in [3.05, 3.63) is 0 Å². The summed E-state index contributed by atoms with van der Waals surface area (Å²) in [7, 11) is 0. The minimum Gasteiger partial charge on any atom is -0.481 e. The summed E-state index contributed by atoms with van der Waals surface area (Å²) in [6, 6.07) is -6.49. The van der Waals surface area contributed by atoms with Crippen LogP contribution in [0.15, 0.2) is 0 Å². The largest absolute Gasteiger partial charge is 0.481 e. The predicted molar refractivity (Wildman–Crippen MR) is 107 cm³/mol. The number of nitrogens with two attached hydrogens (primary N) is 1. The molecule has 3 amide bonds. The molecule has 0 saturated heterocycles. The van der Waals surface area contributed by atoms with Gasteiger partial charge in [0.25, 0.3) is 0 Å². The number of aliphatic carboxylic acids is 4. The van der Waals surface area contributed by atoms with E-state index >= 15 is 0 Å². The molecule has 0 aliphatic carbocycles. The van der Waals surface area contributed by atoms with Crippen LogP contribution in [0.3, 0.4) is 0 Å². The lowest BCUT2D eigenvalue weighted by atomic mass is 10.1. The lowest BCUT2D eigenvalue weighted by Crippen LogP contribution is -2.58. The molecular weight excluding hydrogens is 456 g/mol. The standard InChI is InChI=1S/C16H24N4O11S/c17-6(1-2-10(21)22)13(27)18-7(3-11(23)24)14(28)19-8(4-12(25)26)15(29)20-9(5-32)16(30)31/h6-9,32H,1-5,17H2,(H,18,27)(H,19,28)(H,20,29)(H,21,22)(H,23,24)(H,25,26)(H,30,31). The van der Waals surface area contributed by atoms with Gasteiger partial charge in [-0.05, 0) is 6.42 Å². The van der Waals surface area contributed by atoms with E-state index in [-0.39, 0.29) is 12.2 Å². The van der Waals surface area contributed by atoms with E-state index in [4.69, 9.17) is 26.2 Å². The van der Waals surface area contributed by atoms with Crippen molar-refractivity contribution in [3.63, 3.8) is 0 Å². The highest BCUT2D eigenvalue weighted by Crippen LogP contribution is 2.02. The predicted octanol–water partition coefficient (Wildman–Crippen LogP) is -3.40. The van der Waals surface area contributed by atoms with Crippen LogP contribution in [0.2, 0.25) is 0 Å². The molecule has 0 fully saturated rings. The number of carboxylic acid groups (broad SMARTS) is 4. The molecule has 0 rings (SSSR count). The molecule has 32 heavy (non-hydrogen) atoms. The fourth-order valence-electron chi connectivity index (χ4n) is 2.19. The summed E-state index contributed by atoms with van der Waals surface area (Å²) in [6.45, 7) is 0. The van der Waals surface area contributed by atoms with Gasteiger partial charge in [0, 0.05) is 12.2 Å². The first-order valence-corrected chi connectivity index (χ1v) is 9.57. The first kappa shape index (κ1) is 28.6. The van der Waals surface area contributed by atoms with Crippen molar-refractivity contribution in [1.29, 1.82) is 0 Å². The van der Waals surface area contributed by atoms with Gasteiger partial charge in [0.05, 0.1) is 18.9 Å². The number of rotatable bonds is 15. The second kappa shape index (κ2) is 13.8. The summed E-state index contributed by atoms with van der Waals surface area (Å²) in [5, 5.41) is 41.4. The van der Waals surface area contributed by atoms with Crippen LogP contribution in [0, 0.1) is 0 Å². The molecule has 15 nitrogen and oxygen atoms in total. The molecule has 0 aromatic heterocycles. The van der Waals surface area contributed by atoms with Crippen LogP contribution >= 0.6 is 12.6 Å².